The van der Waals surface area contributed by atoms with Crippen molar-refractivity contribution >= 4 is 28.9 Å². The lowest BCUT2D eigenvalue weighted by Gasteiger charge is -2.13. The van der Waals surface area contributed by atoms with Crippen molar-refractivity contribution in [1.29, 1.82) is 0 Å². The first kappa shape index (κ1) is 18.7. The van der Waals surface area contributed by atoms with E-state index in [1.165, 1.54) is 0 Å². The van der Waals surface area contributed by atoms with Crippen molar-refractivity contribution < 1.29 is 14.5 Å². The molecule has 7 heteroatoms. The van der Waals surface area contributed by atoms with Crippen LogP contribution < -0.4 is 15.5 Å². The minimum Gasteiger partial charge on any atom is -0.348 e. The fourth-order valence-electron chi connectivity index (χ4n) is 2.54. The third-order valence-electron chi connectivity index (χ3n) is 4.06. The lowest BCUT2D eigenvalue weighted by molar-refractivity contribution is -0.862. The number of quaternary nitrogens is 1. The molecule has 0 aromatic heterocycles. The van der Waals surface area contributed by atoms with Crippen LogP contribution in [0.5, 0.6) is 0 Å². The van der Waals surface area contributed by atoms with Crippen LogP contribution >= 0.6 is 0 Å². The van der Waals surface area contributed by atoms with E-state index >= 15 is 0 Å². The number of anilines is 1. The quantitative estimate of drug-likeness (QED) is 0.623. The van der Waals surface area contributed by atoms with Crippen LogP contribution in [0.4, 0.5) is 17.1 Å². The number of azo groups is 1. The van der Waals surface area contributed by atoms with E-state index in [9.17, 15) is 9.59 Å². The maximum absolute atomic E-state index is 12.1. The molecule has 1 aliphatic carbocycles. The van der Waals surface area contributed by atoms with Gasteiger partial charge in [-0.05, 0) is 49.2 Å². The van der Waals surface area contributed by atoms with Crippen molar-refractivity contribution in [1.82, 2.24) is 5.32 Å². The molecule has 0 radical (unpaired) electrons. The van der Waals surface area contributed by atoms with Crippen molar-refractivity contribution in [3.8, 4) is 0 Å². The molecule has 1 atom stereocenters. The largest absolute Gasteiger partial charge is 0.348 e. The van der Waals surface area contributed by atoms with Gasteiger partial charge in [0.1, 0.15) is 0 Å². The van der Waals surface area contributed by atoms with Gasteiger partial charge in [0.25, 0.3) is 11.8 Å². The van der Waals surface area contributed by atoms with Crippen molar-refractivity contribution in [3.63, 3.8) is 0 Å². The Morgan fingerprint density at radius 2 is 1.52 bits per heavy atom. The average Bonchev–Trinajstić information content (AvgIpc) is 3.45. The summed E-state index contributed by atoms with van der Waals surface area (Å²) in [5.41, 5.74) is 2.18. The minimum atomic E-state index is -0.134. The molecule has 1 aliphatic rings. The first-order chi connectivity index (χ1) is 13.1. The SMILES string of the molecule is C[NH+](CC(=O)Nc1ccc(N=Nc2ccccc2)cc1)CC(=O)NC1CC1. The molecule has 0 saturated heterocycles. The zero-order valence-corrected chi connectivity index (χ0v) is 15.3. The smallest absolute Gasteiger partial charge is 0.279 e. The molecule has 27 heavy (non-hydrogen) atoms. The van der Waals surface area contributed by atoms with E-state index in [0.29, 0.717) is 24.0 Å². The number of amides is 2. The summed E-state index contributed by atoms with van der Waals surface area (Å²) in [4.78, 5) is 24.7. The Hall–Kier alpha value is -3.06. The van der Waals surface area contributed by atoms with Gasteiger partial charge < -0.3 is 15.5 Å². The van der Waals surface area contributed by atoms with Crippen molar-refractivity contribution in [2.45, 2.75) is 18.9 Å². The first-order valence-corrected chi connectivity index (χ1v) is 9.06. The number of hydrogen-bond acceptors (Lipinski definition) is 4. The number of nitrogens with one attached hydrogen (secondary N) is 3. The third kappa shape index (κ3) is 6.63. The molecule has 0 spiro atoms. The molecule has 2 aromatic carbocycles. The fraction of sp³-hybridized carbons (Fsp3) is 0.300. The van der Waals surface area contributed by atoms with Crippen molar-refractivity contribution in [2.75, 3.05) is 25.5 Å². The second-order valence-electron chi connectivity index (χ2n) is 6.78. The molecule has 7 nitrogen and oxygen atoms in total. The molecule has 1 unspecified atom stereocenters. The summed E-state index contributed by atoms with van der Waals surface area (Å²) in [6, 6.07) is 17.0. The van der Waals surface area contributed by atoms with Gasteiger partial charge in [-0.15, -0.1) is 0 Å². The zero-order chi connectivity index (χ0) is 19.1. The Balaban J connectivity index is 1.45. The molecule has 1 saturated carbocycles. The Kier molecular flexibility index (Phi) is 6.27. The monoisotopic (exact) mass is 366 g/mol. The second-order valence-corrected chi connectivity index (χ2v) is 6.78. The number of likely N-dealkylation sites (N-methyl/N-ethyl adjacent to an activating group) is 1. The first-order valence-electron chi connectivity index (χ1n) is 9.06. The van der Waals surface area contributed by atoms with Gasteiger partial charge in [-0.25, -0.2) is 0 Å². The highest BCUT2D eigenvalue weighted by Crippen LogP contribution is 2.20. The molecular weight excluding hydrogens is 342 g/mol. The molecule has 2 aromatic rings. The fourth-order valence-corrected chi connectivity index (χ4v) is 2.54. The van der Waals surface area contributed by atoms with Crippen LogP contribution in [0.2, 0.25) is 0 Å². The number of rotatable bonds is 8. The normalized spacial score (nSPS) is 14.7. The van der Waals surface area contributed by atoms with Crippen LogP contribution in [0.15, 0.2) is 64.8 Å². The van der Waals surface area contributed by atoms with E-state index in [-0.39, 0.29) is 18.4 Å². The lowest BCUT2D eigenvalue weighted by atomic mass is 10.3. The van der Waals surface area contributed by atoms with Crippen LogP contribution in [0.25, 0.3) is 0 Å². The number of hydrogen-bond donors (Lipinski definition) is 3. The zero-order valence-electron chi connectivity index (χ0n) is 15.3. The van der Waals surface area contributed by atoms with Gasteiger partial charge in [0.2, 0.25) is 0 Å². The summed E-state index contributed by atoms with van der Waals surface area (Å²) < 4.78 is 0. The molecule has 0 heterocycles. The molecule has 2 amide bonds. The predicted octanol–water partition coefficient (Wildman–Crippen LogP) is 1.83. The van der Waals surface area contributed by atoms with Crippen LogP contribution in [0, 0.1) is 0 Å². The predicted molar refractivity (Wildman–Crippen MR) is 103 cm³/mol. The summed E-state index contributed by atoms with van der Waals surface area (Å²) >= 11 is 0. The Morgan fingerprint density at radius 3 is 2.15 bits per heavy atom. The van der Waals surface area contributed by atoms with Crippen LogP contribution in [-0.4, -0.2) is 38.0 Å². The van der Waals surface area contributed by atoms with Gasteiger partial charge in [0, 0.05) is 11.7 Å². The molecule has 0 bridgehead atoms. The molecule has 140 valence electrons. The lowest BCUT2D eigenvalue weighted by Crippen LogP contribution is -3.11. The van der Waals surface area contributed by atoms with E-state index in [1.54, 1.807) is 24.3 Å². The summed E-state index contributed by atoms with van der Waals surface area (Å²) in [6.45, 7) is 0.524. The number of carbonyl (C=O) groups is 2. The van der Waals surface area contributed by atoms with Crippen LogP contribution in [0.1, 0.15) is 12.8 Å². The second kappa shape index (κ2) is 9.05. The van der Waals surface area contributed by atoms with Gasteiger partial charge in [-0.3, -0.25) is 9.59 Å². The van der Waals surface area contributed by atoms with E-state index in [1.807, 2.05) is 37.4 Å². The van der Waals surface area contributed by atoms with Crippen molar-refractivity contribution in [3.05, 3.63) is 54.6 Å². The van der Waals surface area contributed by atoms with E-state index < -0.39 is 0 Å². The Bertz CT molecular complexity index is 801. The summed E-state index contributed by atoms with van der Waals surface area (Å²) in [6.07, 6.45) is 2.12. The standard InChI is InChI=1S/C20H23N5O2/c1-25(13-19(26)21-15-7-8-15)14-20(27)22-16-9-11-18(12-10-16)24-23-17-5-3-2-4-6-17/h2-6,9-12,15H,7-8,13-14H2,1H3,(H,21,26)(H,22,27)/p+1. The molecular formula is C20H24N5O2+. The van der Waals surface area contributed by atoms with E-state index in [2.05, 4.69) is 20.9 Å². The topological polar surface area (TPSA) is 87.4 Å². The average molecular weight is 366 g/mol. The Morgan fingerprint density at radius 1 is 0.926 bits per heavy atom. The number of nitrogens with zero attached hydrogens (tertiary/aromatic N) is 2. The number of benzene rings is 2. The van der Waals surface area contributed by atoms with Gasteiger partial charge in [-0.1, -0.05) is 18.2 Å². The van der Waals surface area contributed by atoms with Gasteiger partial charge in [0.05, 0.1) is 18.4 Å². The van der Waals surface area contributed by atoms with Gasteiger partial charge in [0.15, 0.2) is 13.1 Å². The van der Waals surface area contributed by atoms with E-state index in [4.69, 9.17) is 0 Å². The highest BCUT2D eigenvalue weighted by Gasteiger charge is 2.24. The highest BCUT2D eigenvalue weighted by molar-refractivity contribution is 5.91. The summed E-state index contributed by atoms with van der Waals surface area (Å²) in [5, 5.41) is 14.1. The highest BCUT2D eigenvalue weighted by atomic mass is 16.2. The molecule has 0 aliphatic heterocycles. The summed E-state index contributed by atoms with van der Waals surface area (Å²) in [7, 11) is 1.83. The van der Waals surface area contributed by atoms with E-state index in [0.717, 1.165) is 23.4 Å². The molecule has 3 rings (SSSR count). The van der Waals surface area contributed by atoms with Gasteiger partial charge >= 0.3 is 0 Å². The minimum absolute atomic E-state index is 0.00377. The Labute approximate surface area is 158 Å². The summed E-state index contributed by atoms with van der Waals surface area (Å²) in [5.74, 6) is -0.138. The van der Waals surface area contributed by atoms with Crippen molar-refractivity contribution in [2.24, 2.45) is 10.2 Å². The molecule has 1 fully saturated rings. The number of carbonyl (C=O) groups excluding carboxylic acids is 2. The maximum Gasteiger partial charge on any atom is 0.279 e. The van der Waals surface area contributed by atoms with Gasteiger partial charge in [-0.2, -0.15) is 10.2 Å². The molecule has 3 N–H and O–H groups in total. The van der Waals surface area contributed by atoms with Crippen LogP contribution in [-0.2, 0) is 9.59 Å². The maximum atomic E-state index is 12.1. The van der Waals surface area contributed by atoms with Crippen LogP contribution in [0.3, 0.4) is 0 Å². The third-order valence-corrected chi connectivity index (χ3v) is 4.06.